The number of hydrogen-bond acceptors (Lipinski definition) is 1. The van der Waals surface area contributed by atoms with E-state index < -0.39 is 0 Å². The Hall–Kier alpha value is -1.11. The van der Waals surface area contributed by atoms with Gasteiger partial charge in [0.1, 0.15) is 0 Å². The van der Waals surface area contributed by atoms with Crippen molar-refractivity contribution in [1.29, 1.82) is 0 Å². The number of carbonyl (C=O) groups excluding carboxylic acids is 1. The van der Waals surface area contributed by atoms with Gasteiger partial charge >= 0.3 is 0 Å². The van der Waals surface area contributed by atoms with E-state index in [0.29, 0.717) is 5.56 Å². The van der Waals surface area contributed by atoms with Gasteiger partial charge in [-0.25, -0.2) is 0 Å². The van der Waals surface area contributed by atoms with Crippen molar-refractivity contribution in [2.24, 2.45) is 0 Å². The zero-order valence-corrected chi connectivity index (χ0v) is 6.14. The maximum absolute atomic E-state index is 10.1. The van der Waals surface area contributed by atoms with E-state index in [9.17, 15) is 4.79 Å². The highest BCUT2D eigenvalue weighted by atomic mass is 16.1. The van der Waals surface area contributed by atoms with Crippen molar-refractivity contribution in [3.63, 3.8) is 0 Å². The Labute approximate surface area is 60.7 Å². The van der Waals surface area contributed by atoms with Gasteiger partial charge in [0, 0.05) is 5.56 Å². The van der Waals surface area contributed by atoms with Crippen LogP contribution in [0.25, 0.3) is 0 Å². The standard InChI is InChI=1S/C9H9O/c1-7-3-4-9(6-10)5-8(7)2/h3-5H,1-2H3. The predicted molar refractivity (Wildman–Crippen MR) is 40.7 cm³/mol. The van der Waals surface area contributed by atoms with Crippen LogP contribution in [0.3, 0.4) is 0 Å². The fourth-order valence-corrected chi connectivity index (χ4v) is 0.805. The molecule has 0 atom stereocenters. The second-order valence-corrected chi connectivity index (χ2v) is 2.40. The summed E-state index contributed by atoms with van der Waals surface area (Å²) in [4.78, 5) is 10.1. The van der Waals surface area contributed by atoms with Crippen molar-refractivity contribution in [3.8, 4) is 0 Å². The molecule has 0 aliphatic rings. The van der Waals surface area contributed by atoms with Crippen LogP contribution >= 0.6 is 0 Å². The maximum Gasteiger partial charge on any atom is 0.233 e. The zero-order chi connectivity index (χ0) is 7.56. The van der Waals surface area contributed by atoms with Crippen LogP contribution in [0, 0.1) is 13.8 Å². The number of hydrogen-bond donors (Lipinski definition) is 0. The van der Waals surface area contributed by atoms with Gasteiger partial charge in [0.25, 0.3) is 0 Å². The van der Waals surface area contributed by atoms with Crippen molar-refractivity contribution in [1.82, 2.24) is 0 Å². The molecular formula is C9H9O. The topological polar surface area (TPSA) is 17.1 Å². The van der Waals surface area contributed by atoms with Gasteiger partial charge in [-0.05, 0) is 31.0 Å². The molecule has 0 heterocycles. The smallest absolute Gasteiger partial charge is 0.233 e. The lowest BCUT2D eigenvalue weighted by molar-refractivity contribution is 0.562. The number of rotatable bonds is 1. The van der Waals surface area contributed by atoms with Gasteiger partial charge in [0.05, 0.1) is 0 Å². The molecule has 1 nitrogen and oxygen atoms in total. The van der Waals surface area contributed by atoms with Crippen LogP contribution in [-0.2, 0) is 4.79 Å². The third-order valence-corrected chi connectivity index (χ3v) is 1.62. The zero-order valence-electron chi connectivity index (χ0n) is 6.14. The highest BCUT2D eigenvalue weighted by Gasteiger charge is 1.93. The van der Waals surface area contributed by atoms with E-state index >= 15 is 0 Å². The van der Waals surface area contributed by atoms with Crippen LogP contribution in [0.4, 0.5) is 0 Å². The Morgan fingerprint density at radius 2 is 1.90 bits per heavy atom. The van der Waals surface area contributed by atoms with E-state index in [2.05, 4.69) is 0 Å². The molecular weight excluding hydrogens is 124 g/mol. The van der Waals surface area contributed by atoms with Gasteiger partial charge in [-0.1, -0.05) is 12.1 Å². The minimum atomic E-state index is 0.628. The van der Waals surface area contributed by atoms with Crippen LogP contribution in [0.5, 0.6) is 0 Å². The fourth-order valence-electron chi connectivity index (χ4n) is 0.805. The lowest BCUT2D eigenvalue weighted by Crippen LogP contribution is -1.84. The molecule has 0 fully saturated rings. The highest BCUT2D eigenvalue weighted by molar-refractivity contribution is 5.75. The van der Waals surface area contributed by atoms with Crippen LogP contribution < -0.4 is 0 Å². The molecule has 0 N–H and O–H groups in total. The van der Waals surface area contributed by atoms with Crippen LogP contribution in [-0.4, -0.2) is 6.29 Å². The first-order chi connectivity index (χ1) is 4.74. The summed E-state index contributed by atoms with van der Waals surface area (Å²) in [5.74, 6) is 0. The van der Waals surface area contributed by atoms with E-state index in [1.54, 1.807) is 6.07 Å². The molecule has 0 spiro atoms. The number of aryl methyl sites for hydroxylation is 2. The van der Waals surface area contributed by atoms with Crippen molar-refractivity contribution >= 4 is 6.29 Å². The third kappa shape index (κ3) is 1.24. The molecule has 0 aliphatic heterocycles. The highest BCUT2D eigenvalue weighted by Crippen LogP contribution is 2.07. The van der Waals surface area contributed by atoms with Crippen LogP contribution in [0.2, 0.25) is 0 Å². The Morgan fingerprint density at radius 3 is 2.40 bits per heavy atom. The summed E-state index contributed by atoms with van der Waals surface area (Å²) in [5.41, 5.74) is 2.97. The van der Waals surface area contributed by atoms with Crippen LogP contribution in [0.1, 0.15) is 16.7 Å². The summed E-state index contributed by atoms with van der Waals surface area (Å²) in [6, 6.07) is 5.53. The average molecular weight is 133 g/mol. The van der Waals surface area contributed by atoms with Gasteiger partial charge in [-0.15, -0.1) is 0 Å². The minimum Gasteiger partial charge on any atom is -0.285 e. The molecule has 0 aromatic heterocycles. The maximum atomic E-state index is 10.1. The normalized spacial score (nSPS) is 9.40. The molecule has 1 rings (SSSR count). The Kier molecular flexibility index (Phi) is 1.86. The van der Waals surface area contributed by atoms with E-state index in [-0.39, 0.29) is 0 Å². The molecule has 51 valence electrons. The number of benzene rings is 1. The summed E-state index contributed by atoms with van der Waals surface area (Å²) in [6.45, 7) is 4.00. The Bertz CT molecular complexity index is 251. The van der Waals surface area contributed by atoms with Gasteiger partial charge in [0.15, 0.2) is 0 Å². The SMILES string of the molecule is Cc1ccc([C]=O)cc1C. The Balaban J connectivity index is 3.16. The summed E-state index contributed by atoms with van der Waals surface area (Å²) >= 11 is 0. The summed E-state index contributed by atoms with van der Waals surface area (Å²) < 4.78 is 0. The molecule has 1 aromatic rings. The predicted octanol–water partition coefficient (Wildman–Crippen LogP) is 1.76. The van der Waals surface area contributed by atoms with Gasteiger partial charge in [-0.3, -0.25) is 4.79 Å². The quantitative estimate of drug-likeness (QED) is 0.570. The molecule has 10 heavy (non-hydrogen) atoms. The van der Waals surface area contributed by atoms with Crippen molar-refractivity contribution in [3.05, 3.63) is 34.9 Å². The van der Waals surface area contributed by atoms with Gasteiger partial charge in [-0.2, -0.15) is 0 Å². The van der Waals surface area contributed by atoms with E-state index in [4.69, 9.17) is 0 Å². The molecule has 0 unspecified atom stereocenters. The van der Waals surface area contributed by atoms with E-state index in [1.165, 1.54) is 5.56 Å². The molecule has 0 saturated carbocycles. The molecule has 0 saturated heterocycles. The third-order valence-electron chi connectivity index (χ3n) is 1.62. The van der Waals surface area contributed by atoms with Crippen LogP contribution in [0.15, 0.2) is 18.2 Å². The van der Waals surface area contributed by atoms with E-state index in [1.807, 2.05) is 32.3 Å². The monoisotopic (exact) mass is 133 g/mol. The molecule has 0 aliphatic carbocycles. The van der Waals surface area contributed by atoms with Crippen molar-refractivity contribution in [2.75, 3.05) is 0 Å². The fraction of sp³-hybridized carbons (Fsp3) is 0.222. The largest absolute Gasteiger partial charge is 0.285 e. The van der Waals surface area contributed by atoms with Crippen molar-refractivity contribution < 1.29 is 4.79 Å². The van der Waals surface area contributed by atoms with Gasteiger partial charge < -0.3 is 0 Å². The lowest BCUT2D eigenvalue weighted by Gasteiger charge is -1.97. The molecule has 1 radical (unpaired) electrons. The second-order valence-electron chi connectivity index (χ2n) is 2.40. The minimum absolute atomic E-state index is 0.628. The summed E-state index contributed by atoms with van der Waals surface area (Å²) in [6.07, 6.45) is 1.85. The first kappa shape index (κ1) is 7.00. The molecule has 1 aromatic carbocycles. The Morgan fingerprint density at radius 1 is 1.20 bits per heavy atom. The summed E-state index contributed by atoms with van der Waals surface area (Å²) in [7, 11) is 0. The first-order valence-corrected chi connectivity index (χ1v) is 3.19. The lowest BCUT2D eigenvalue weighted by atomic mass is 10.1. The van der Waals surface area contributed by atoms with E-state index in [0.717, 1.165) is 5.56 Å². The summed E-state index contributed by atoms with van der Waals surface area (Å²) in [5, 5.41) is 0. The average Bonchev–Trinajstić information content (AvgIpc) is 1.95. The van der Waals surface area contributed by atoms with Crippen molar-refractivity contribution in [2.45, 2.75) is 13.8 Å². The second kappa shape index (κ2) is 2.65. The molecule has 0 amide bonds. The first-order valence-electron chi connectivity index (χ1n) is 3.19. The molecule has 0 bridgehead atoms. The molecule has 1 heteroatoms. The van der Waals surface area contributed by atoms with Gasteiger partial charge in [0.2, 0.25) is 6.29 Å².